The number of ether oxygens (including phenoxy) is 1. The molecule has 11 heavy (non-hydrogen) atoms. The van der Waals surface area contributed by atoms with E-state index < -0.39 is 0 Å². The first-order chi connectivity index (χ1) is 5.05. The molecule has 0 N–H and O–H groups in total. The van der Waals surface area contributed by atoms with Crippen molar-refractivity contribution in [3.05, 3.63) is 0 Å². The molecule has 1 rings (SSSR count). The molecule has 0 aliphatic carbocycles. The summed E-state index contributed by atoms with van der Waals surface area (Å²) in [7, 11) is 0. The number of hydrogen-bond acceptors (Lipinski definition) is 2. The van der Waals surface area contributed by atoms with Crippen LogP contribution in [-0.2, 0) is 4.74 Å². The SMILES string of the molecule is CC(C)(C)C1OCCC1C#N. The maximum atomic E-state index is 8.77. The van der Waals surface area contributed by atoms with Gasteiger partial charge in [0.15, 0.2) is 0 Å². The molecule has 1 fully saturated rings. The molecular formula is C9H15NO. The molecule has 0 aromatic carbocycles. The average Bonchev–Trinajstić information content (AvgIpc) is 2.31. The van der Waals surface area contributed by atoms with Crippen molar-refractivity contribution in [3.8, 4) is 6.07 Å². The molecule has 0 aromatic rings. The summed E-state index contributed by atoms with van der Waals surface area (Å²) >= 11 is 0. The third-order valence-corrected chi connectivity index (χ3v) is 2.11. The summed E-state index contributed by atoms with van der Waals surface area (Å²) in [5, 5.41) is 8.77. The average molecular weight is 153 g/mol. The zero-order valence-corrected chi connectivity index (χ0v) is 7.42. The standard InChI is InChI=1S/C9H15NO/c1-9(2,3)8-7(6-10)4-5-11-8/h7-8H,4-5H2,1-3H3. The summed E-state index contributed by atoms with van der Waals surface area (Å²) in [4.78, 5) is 0. The maximum absolute atomic E-state index is 8.77. The Labute approximate surface area is 68.2 Å². The maximum Gasteiger partial charge on any atom is 0.0782 e. The van der Waals surface area contributed by atoms with E-state index in [4.69, 9.17) is 10.00 Å². The van der Waals surface area contributed by atoms with Crippen LogP contribution in [0.3, 0.4) is 0 Å². The quantitative estimate of drug-likeness (QED) is 0.533. The summed E-state index contributed by atoms with van der Waals surface area (Å²) in [6.45, 7) is 7.11. The van der Waals surface area contributed by atoms with Gasteiger partial charge in [0.05, 0.1) is 18.1 Å². The van der Waals surface area contributed by atoms with Gasteiger partial charge in [0.2, 0.25) is 0 Å². The van der Waals surface area contributed by atoms with Crippen LogP contribution in [0.4, 0.5) is 0 Å². The Bertz CT molecular complexity index is 175. The highest BCUT2D eigenvalue weighted by molar-refractivity contribution is 4.97. The Morgan fingerprint density at radius 1 is 1.45 bits per heavy atom. The second-order valence-electron chi connectivity index (χ2n) is 4.18. The van der Waals surface area contributed by atoms with E-state index in [-0.39, 0.29) is 17.4 Å². The van der Waals surface area contributed by atoms with Crippen LogP contribution in [0.5, 0.6) is 0 Å². The van der Waals surface area contributed by atoms with Crippen molar-refractivity contribution in [3.63, 3.8) is 0 Å². The van der Waals surface area contributed by atoms with Crippen LogP contribution in [0.2, 0.25) is 0 Å². The van der Waals surface area contributed by atoms with Crippen LogP contribution in [-0.4, -0.2) is 12.7 Å². The summed E-state index contributed by atoms with van der Waals surface area (Å²) in [5.41, 5.74) is 0.108. The van der Waals surface area contributed by atoms with Gasteiger partial charge in [0.1, 0.15) is 0 Å². The van der Waals surface area contributed by atoms with E-state index in [2.05, 4.69) is 26.8 Å². The highest BCUT2D eigenvalue weighted by Crippen LogP contribution is 2.33. The van der Waals surface area contributed by atoms with Gasteiger partial charge in [-0.3, -0.25) is 0 Å². The largest absolute Gasteiger partial charge is 0.376 e. The highest BCUT2D eigenvalue weighted by Gasteiger charge is 2.37. The smallest absolute Gasteiger partial charge is 0.0782 e. The molecular weight excluding hydrogens is 138 g/mol. The minimum atomic E-state index is 0.106. The molecule has 2 nitrogen and oxygen atoms in total. The molecule has 2 unspecified atom stereocenters. The zero-order chi connectivity index (χ0) is 8.48. The Hall–Kier alpha value is -0.550. The van der Waals surface area contributed by atoms with Crippen LogP contribution >= 0.6 is 0 Å². The van der Waals surface area contributed by atoms with Gasteiger partial charge >= 0.3 is 0 Å². The van der Waals surface area contributed by atoms with Crippen molar-refractivity contribution in [2.45, 2.75) is 33.3 Å². The summed E-state index contributed by atoms with van der Waals surface area (Å²) in [5.74, 6) is 0.106. The van der Waals surface area contributed by atoms with Crippen molar-refractivity contribution in [2.75, 3.05) is 6.61 Å². The zero-order valence-electron chi connectivity index (χ0n) is 7.42. The Kier molecular flexibility index (Phi) is 2.20. The molecule has 1 aliphatic rings. The Morgan fingerprint density at radius 3 is 2.45 bits per heavy atom. The summed E-state index contributed by atoms with van der Waals surface area (Å²) in [6, 6.07) is 2.30. The van der Waals surface area contributed by atoms with Crippen molar-refractivity contribution in [1.82, 2.24) is 0 Å². The molecule has 0 saturated carbocycles. The van der Waals surface area contributed by atoms with Crippen molar-refractivity contribution in [1.29, 1.82) is 5.26 Å². The lowest BCUT2D eigenvalue weighted by molar-refractivity contribution is 0.0169. The molecule has 0 radical (unpaired) electrons. The number of hydrogen-bond donors (Lipinski definition) is 0. The Morgan fingerprint density at radius 2 is 2.09 bits per heavy atom. The minimum absolute atomic E-state index is 0.106. The second-order valence-corrected chi connectivity index (χ2v) is 4.18. The fourth-order valence-electron chi connectivity index (χ4n) is 1.58. The van der Waals surface area contributed by atoms with Gasteiger partial charge in [-0.2, -0.15) is 5.26 Å². The Balaban J connectivity index is 2.66. The number of nitriles is 1. The number of rotatable bonds is 0. The molecule has 0 spiro atoms. The lowest BCUT2D eigenvalue weighted by Crippen LogP contribution is -2.30. The van der Waals surface area contributed by atoms with Crippen LogP contribution in [0.15, 0.2) is 0 Å². The predicted octanol–water partition coefficient (Wildman–Crippen LogP) is 1.96. The van der Waals surface area contributed by atoms with Crippen molar-refractivity contribution >= 4 is 0 Å². The first-order valence-corrected chi connectivity index (χ1v) is 4.07. The topological polar surface area (TPSA) is 33.0 Å². The van der Waals surface area contributed by atoms with E-state index >= 15 is 0 Å². The third-order valence-electron chi connectivity index (χ3n) is 2.11. The normalized spacial score (nSPS) is 31.8. The van der Waals surface area contributed by atoms with Crippen LogP contribution in [0, 0.1) is 22.7 Å². The molecule has 0 aromatic heterocycles. The van der Waals surface area contributed by atoms with Gasteiger partial charge < -0.3 is 4.74 Å². The number of nitrogens with zero attached hydrogens (tertiary/aromatic N) is 1. The predicted molar refractivity (Wildman–Crippen MR) is 42.9 cm³/mol. The van der Waals surface area contributed by atoms with E-state index in [1.54, 1.807) is 0 Å². The lowest BCUT2D eigenvalue weighted by atomic mass is 9.82. The molecule has 0 bridgehead atoms. The first-order valence-electron chi connectivity index (χ1n) is 4.07. The second kappa shape index (κ2) is 2.83. The fourth-order valence-corrected chi connectivity index (χ4v) is 1.58. The summed E-state index contributed by atoms with van der Waals surface area (Å²) < 4.78 is 5.50. The van der Waals surface area contributed by atoms with Gasteiger partial charge in [-0.25, -0.2) is 0 Å². The minimum Gasteiger partial charge on any atom is -0.376 e. The van der Waals surface area contributed by atoms with Crippen molar-refractivity contribution in [2.24, 2.45) is 11.3 Å². The van der Waals surface area contributed by atoms with Gasteiger partial charge in [-0.05, 0) is 11.8 Å². The third kappa shape index (κ3) is 1.72. The van der Waals surface area contributed by atoms with Gasteiger partial charge in [0, 0.05) is 6.61 Å². The molecule has 1 saturated heterocycles. The van der Waals surface area contributed by atoms with E-state index in [1.165, 1.54) is 0 Å². The van der Waals surface area contributed by atoms with Crippen LogP contribution in [0.1, 0.15) is 27.2 Å². The van der Waals surface area contributed by atoms with Crippen LogP contribution in [0.25, 0.3) is 0 Å². The molecule has 62 valence electrons. The van der Waals surface area contributed by atoms with Crippen molar-refractivity contribution < 1.29 is 4.74 Å². The van der Waals surface area contributed by atoms with Gasteiger partial charge in [-0.1, -0.05) is 20.8 Å². The lowest BCUT2D eigenvalue weighted by Gasteiger charge is -2.27. The first kappa shape index (κ1) is 8.55. The van der Waals surface area contributed by atoms with Gasteiger partial charge in [-0.15, -0.1) is 0 Å². The highest BCUT2D eigenvalue weighted by atomic mass is 16.5. The molecule has 1 heterocycles. The molecule has 2 heteroatoms. The fraction of sp³-hybridized carbons (Fsp3) is 0.889. The van der Waals surface area contributed by atoms with E-state index in [0.717, 1.165) is 13.0 Å². The monoisotopic (exact) mass is 153 g/mol. The van der Waals surface area contributed by atoms with E-state index in [9.17, 15) is 0 Å². The molecule has 1 aliphatic heterocycles. The molecule has 2 atom stereocenters. The summed E-state index contributed by atoms with van der Waals surface area (Å²) in [6.07, 6.45) is 1.03. The molecule has 0 amide bonds. The van der Waals surface area contributed by atoms with E-state index in [1.807, 2.05) is 0 Å². The van der Waals surface area contributed by atoms with E-state index in [0.29, 0.717) is 0 Å². The van der Waals surface area contributed by atoms with Gasteiger partial charge in [0.25, 0.3) is 0 Å². The van der Waals surface area contributed by atoms with Crippen LogP contribution < -0.4 is 0 Å².